The zero-order valence-electron chi connectivity index (χ0n) is 11.2. The highest BCUT2D eigenvalue weighted by atomic mass is 19.4. The van der Waals surface area contributed by atoms with Gasteiger partial charge in [0, 0.05) is 6.07 Å². The van der Waals surface area contributed by atoms with Gasteiger partial charge >= 0.3 is 18.0 Å². The molecule has 0 saturated heterocycles. The van der Waals surface area contributed by atoms with Gasteiger partial charge in [0.15, 0.2) is 0 Å². The Labute approximate surface area is 127 Å². The van der Waals surface area contributed by atoms with Gasteiger partial charge in [-0.15, -0.1) is 0 Å². The van der Waals surface area contributed by atoms with Crippen molar-refractivity contribution in [2.45, 2.75) is 6.18 Å². The van der Waals surface area contributed by atoms with Crippen LogP contribution in [0.4, 0.5) is 23.7 Å². The first-order valence-corrected chi connectivity index (χ1v) is 6.08. The minimum atomic E-state index is -4.73. The molecule has 120 valence electrons. The van der Waals surface area contributed by atoms with E-state index in [0.717, 1.165) is 30.3 Å². The predicted molar refractivity (Wildman–Crippen MR) is 71.2 cm³/mol. The number of alkyl halides is 3. The van der Waals surface area contributed by atoms with Crippen molar-refractivity contribution < 1.29 is 32.4 Å². The molecule has 0 saturated carbocycles. The predicted octanol–water partition coefficient (Wildman–Crippen LogP) is 4.19. The van der Waals surface area contributed by atoms with Crippen molar-refractivity contribution in [2.75, 3.05) is 0 Å². The Balaban J connectivity index is 2.20. The lowest BCUT2D eigenvalue weighted by atomic mass is 10.2. The molecule has 0 spiro atoms. The minimum absolute atomic E-state index is 0.438. The highest BCUT2D eigenvalue weighted by molar-refractivity contribution is 5.69. The second-order valence-corrected chi connectivity index (χ2v) is 4.17. The zero-order valence-corrected chi connectivity index (χ0v) is 11.2. The molecule has 0 atom stereocenters. The Hall–Kier alpha value is -3.10. The number of nitrogens with zero attached hydrogens (tertiary/aromatic N) is 1. The lowest BCUT2D eigenvalue weighted by molar-refractivity contribution is -0.385. The van der Waals surface area contributed by atoms with Crippen LogP contribution in [0, 0.1) is 10.1 Å². The standard InChI is InChI=1S/C14H8F3NO5/c15-14(16,17)9-5-1-3-7-11(9)22-13(19)23-12-8-4-2-6-10(12)18(20)21/h1-8H. The Morgan fingerprint density at radius 3 is 2.09 bits per heavy atom. The van der Waals surface area contributed by atoms with E-state index in [-0.39, 0.29) is 0 Å². The second-order valence-electron chi connectivity index (χ2n) is 4.17. The molecule has 2 aromatic rings. The van der Waals surface area contributed by atoms with Crippen molar-refractivity contribution in [1.29, 1.82) is 0 Å². The van der Waals surface area contributed by atoms with Crippen LogP contribution in [0.1, 0.15) is 5.56 Å². The van der Waals surface area contributed by atoms with E-state index in [1.54, 1.807) is 0 Å². The quantitative estimate of drug-likeness (QED) is 0.365. The molecule has 0 amide bonds. The maximum absolute atomic E-state index is 12.8. The first-order valence-electron chi connectivity index (χ1n) is 6.08. The molecule has 23 heavy (non-hydrogen) atoms. The number of para-hydroxylation sites is 3. The van der Waals surface area contributed by atoms with E-state index in [9.17, 15) is 28.1 Å². The SMILES string of the molecule is O=C(Oc1ccccc1[N+](=O)[O-])Oc1ccccc1C(F)(F)F. The van der Waals surface area contributed by atoms with Gasteiger partial charge in [0.05, 0.1) is 10.5 Å². The van der Waals surface area contributed by atoms with Crippen molar-refractivity contribution in [1.82, 2.24) is 0 Å². The van der Waals surface area contributed by atoms with Crippen molar-refractivity contribution in [3.63, 3.8) is 0 Å². The van der Waals surface area contributed by atoms with Crippen LogP contribution in [0.25, 0.3) is 0 Å². The highest BCUT2D eigenvalue weighted by Gasteiger charge is 2.35. The third-order valence-electron chi connectivity index (χ3n) is 2.64. The average Bonchev–Trinajstić information content (AvgIpc) is 2.47. The van der Waals surface area contributed by atoms with E-state index in [1.807, 2.05) is 0 Å². The number of nitro benzene ring substituents is 1. The van der Waals surface area contributed by atoms with Crippen molar-refractivity contribution in [2.24, 2.45) is 0 Å². The third-order valence-corrected chi connectivity index (χ3v) is 2.64. The van der Waals surface area contributed by atoms with Gasteiger partial charge in [-0.25, -0.2) is 4.79 Å². The molecule has 9 heteroatoms. The van der Waals surface area contributed by atoms with E-state index in [4.69, 9.17) is 0 Å². The van der Waals surface area contributed by atoms with Gasteiger partial charge in [-0.1, -0.05) is 24.3 Å². The summed E-state index contributed by atoms with van der Waals surface area (Å²) in [6.07, 6.45) is -6.24. The summed E-state index contributed by atoms with van der Waals surface area (Å²) in [5.41, 5.74) is -1.69. The van der Waals surface area contributed by atoms with Gasteiger partial charge < -0.3 is 9.47 Å². The van der Waals surface area contributed by atoms with Crippen LogP contribution in [0.5, 0.6) is 11.5 Å². The molecule has 0 aromatic heterocycles. The number of ether oxygens (including phenoxy) is 2. The Bertz CT molecular complexity index is 745. The van der Waals surface area contributed by atoms with Crippen LogP contribution in [0.2, 0.25) is 0 Å². The maximum atomic E-state index is 12.8. The lowest BCUT2D eigenvalue weighted by Crippen LogP contribution is -2.17. The van der Waals surface area contributed by atoms with Crippen LogP contribution in [-0.2, 0) is 6.18 Å². The zero-order chi connectivity index (χ0) is 17.0. The van der Waals surface area contributed by atoms with Gasteiger partial charge in [-0.2, -0.15) is 13.2 Å². The number of hydrogen-bond acceptors (Lipinski definition) is 5. The molecule has 2 aromatic carbocycles. The first kappa shape index (κ1) is 16.3. The molecule has 0 bridgehead atoms. The minimum Gasteiger partial charge on any atom is -0.394 e. The number of rotatable bonds is 3. The van der Waals surface area contributed by atoms with Crippen molar-refractivity contribution in [3.8, 4) is 11.5 Å². The molecular formula is C14H8F3NO5. The van der Waals surface area contributed by atoms with E-state index in [1.165, 1.54) is 18.2 Å². The highest BCUT2D eigenvalue weighted by Crippen LogP contribution is 2.36. The summed E-state index contributed by atoms with van der Waals surface area (Å²) >= 11 is 0. The molecule has 0 aliphatic carbocycles. The Morgan fingerprint density at radius 2 is 1.48 bits per heavy atom. The van der Waals surface area contributed by atoms with Crippen molar-refractivity contribution >= 4 is 11.8 Å². The largest absolute Gasteiger partial charge is 0.519 e. The fourth-order valence-electron chi connectivity index (χ4n) is 1.68. The van der Waals surface area contributed by atoms with Gasteiger partial charge in [0.25, 0.3) is 0 Å². The molecule has 6 nitrogen and oxygen atoms in total. The lowest BCUT2D eigenvalue weighted by Gasteiger charge is -2.12. The summed E-state index contributed by atoms with van der Waals surface area (Å²) in [5.74, 6) is -1.20. The summed E-state index contributed by atoms with van der Waals surface area (Å²) in [4.78, 5) is 21.6. The molecule has 0 aliphatic rings. The van der Waals surface area contributed by atoms with Crippen LogP contribution in [0.15, 0.2) is 48.5 Å². The van der Waals surface area contributed by atoms with Gasteiger partial charge in [0.1, 0.15) is 5.75 Å². The Kier molecular flexibility index (Phi) is 4.49. The number of hydrogen-bond donors (Lipinski definition) is 0. The van der Waals surface area contributed by atoms with Gasteiger partial charge in [0.2, 0.25) is 5.75 Å². The van der Waals surface area contributed by atoms with Crippen LogP contribution in [-0.4, -0.2) is 11.1 Å². The topological polar surface area (TPSA) is 78.7 Å². The number of benzene rings is 2. The number of halogens is 3. The fourth-order valence-corrected chi connectivity index (χ4v) is 1.68. The van der Waals surface area contributed by atoms with Crippen LogP contribution in [0.3, 0.4) is 0 Å². The molecule has 0 N–H and O–H groups in total. The molecule has 2 rings (SSSR count). The maximum Gasteiger partial charge on any atom is 0.519 e. The third kappa shape index (κ3) is 3.96. The van der Waals surface area contributed by atoms with E-state index in [0.29, 0.717) is 0 Å². The van der Waals surface area contributed by atoms with E-state index in [2.05, 4.69) is 9.47 Å². The Morgan fingerprint density at radius 1 is 0.957 bits per heavy atom. The number of carbonyl (C=O) groups is 1. The smallest absolute Gasteiger partial charge is 0.394 e. The summed E-state index contributed by atoms with van der Waals surface area (Å²) < 4.78 is 47.4. The summed E-state index contributed by atoms with van der Waals surface area (Å²) in [7, 11) is 0. The molecule has 0 fully saturated rings. The van der Waals surface area contributed by atoms with Gasteiger partial charge in [-0.05, 0) is 18.2 Å². The van der Waals surface area contributed by atoms with E-state index < -0.39 is 40.0 Å². The summed E-state index contributed by atoms with van der Waals surface area (Å²) in [5, 5.41) is 10.8. The second kappa shape index (κ2) is 6.34. The van der Waals surface area contributed by atoms with E-state index >= 15 is 0 Å². The normalized spacial score (nSPS) is 10.9. The average molecular weight is 327 g/mol. The molecule has 0 radical (unpaired) electrons. The van der Waals surface area contributed by atoms with Crippen LogP contribution >= 0.6 is 0 Å². The van der Waals surface area contributed by atoms with Gasteiger partial charge in [-0.3, -0.25) is 10.1 Å². The molecule has 0 aliphatic heterocycles. The molecule has 0 heterocycles. The monoisotopic (exact) mass is 327 g/mol. The number of nitro groups is 1. The molecular weight excluding hydrogens is 319 g/mol. The summed E-state index contributed by atoms with van der Waals surface area (Å²) in [6, 6.07) is 8.93. The van der Waals surface area contributed by atoms with Crippen LogP contribution < -0.4 is 9.47 Å². The molecule has 0 unspecified atom stereocenters. The first-order chi connectivity index (χ1) is 10.8. The summed E-state index contributed by atoms with van der Waals surface area (Å²) in [6.45, 7) is 0. The fraction of sp³-hybridized carbons (Fsp3) is 0.0714. The number of carbonyl (C=O) groups excluding carboxylic acids is 1. The van der Waals surface area contributed by atoms with Crippen molar-refractivity contribution in [3.05, 3.63) is 64.2 Å².